The second-order valence-electron chi connectivity index (χ2n) is 6.73. The molecule has 0 amide bonds. The third-order valence-electron chi connectivity index (χ3n) is 4.99. The van der Waals surface area contributed by atoms with Crippen LogP contribution >= 0.6 is 0 Å². The Hall–Kier alpha value is -2.48. The number of rotatable bonds is 5. The maximum Gasteiger partial charge on any atom is 0.106 e. The number of allylic oxidation sites excluding steroid dienone is 1. The molecule has 0 fully saturated rings. The predicted octanol–water partition coefficient (Wildman–Crippen LogP) is 5.95. The van der Waals surface area contributed by atoms with E-state index in [-0.39, 0.29) is 5.92 Å². The van der Waals surface area contributed by atoms with Crippen LogP contribution in [0.25, 0.3) is 17.0 Å². The smallest absolute Gasteiger partial charge is 0.106 e. The van der Waals surface area contributed by atoms with Gasteiger partial charge in [-0.15, -0.1) is 0 Å². The first-order valence-corrected chi connectivity index (χ1v) is 8.87. The molecule has 0 spiro atoms. The van der Waals surface area contributed by atoms with Crippen molar-refractivity contribution in [2.24, 2.45) is 0 Å². The van der Waals surface area contributed by atoms with E-state index < -0.39 is 0 Å². The Morgan fingerprint density at radius 3 is 2.79 bits per heavy atom. The van der Waals surface area contributed by atoms with Crippen molar-refractivity contribution in [2.75, 3.05) is 0 Å². The van der Waals surface area contributed by atoms with E-state index in [1.165, 1.54) is 35.8 Å². The predicted molar refractivity (Wildman–Crippen MR) is 100 cm³/mol. The summed E-state index contributed by atoms with van der Waals surface area (Å²) in [5, 5.41) is 11.7. The number of aromatic nitrogens is 1. The van der Waals surface area contributed by atoms with Crippen molar-refractivity contribution in [1.82, 2.24) is 4.98 Å². The van der Waals surface area contributed by atoms with E-state index in [1.54, 1.807) is 0 Å². The molecule has 1 aliphatic rings. The van der Waals surface area contributed by atoms with Gasteiger partial charge in [-0.3, -0.25) is 0 Å². The molecular weight excluding hydrogens is 294 g/mol. The average molecular weight is 317 g/mol. The quantitative estimate of drug-likeness (QED) is 0.561. The highest BCUT2D eigenvalue weighted by Gasteiger charge is 2.27. The van der Waals surface area contributed by atoms with E-state index in [2.05, 4.69) is 48.3 Å². The zero-order valence-electron chi connectivity index (χ0n) is 14.0. The molecule has 2 heteroatoms. The van der Waals surface area contributed by atoms with Gasteiger partial charge in [0.05, 0.1) is 5.92 Å². The average Bonchev–Trinajstić information content (AvgIpc) is 3.13. The molecule has 2 aromatic carbocycles. The summed E-state index contributed by atoms with van der Waals surface area (Å²) in [6, 6.07) is 17.1. The van der Waals surface area contributed by atoms with Crippen molar-refractivity contribution in [3.8, 4) is 0 Å². The Balaban J connectivity index is 1.67. The molecule has 3 aromatic rings. The van der Waals surface area contributed by atoms with Crippen LogP contribution in [0.15, 0.2) is 54.3 Å². The standard InChI is InChI=1S/C22H23NO/c1-2-3-4-7-15-10-11-19-17(12-15)13-20(23-19)22-18-9-6-5-8-16(18)14-21(22)24/h5-6,8-14,22-24H,2-4,7H2,1H3. The Morgan fingerprint density at radius 1 is 1.04 bits per heavy atom. The second kappa shape index (κ2) is 6.20. The molecule has 122 valence electrons. The molecule has 24 heavy (non-hydrogen) atoms. The molecule has 1 heterocycles. The van der Waals surface area contributed by atoms with Gasteiger partial charge in [-0.25, -0.2) is 0 Å². The summed E-state index contributed by atoms with van der Waals surface area (Å²) in [6.45, 7) is 2.24. The van der Waals surface area contributed by atoms with Crippen molar-refractivity contribution in [1.29, 1.82) is 0 Å². The summed E-state index contributed by atoms with van der Waals surface area (Å²) in [4.78, 5) is 3.50. The molecule has 1 aliphatic carbocycles. The first-order chi connectivity index (χ1) is 11.8. The van der Waals surface area contributed by atoms with Gasteiger partial charge in [0.1, 0.15) is 5.76 Å². The lowest BCUT2D eigenvalue weighted by molar-refractivity contribution is 0.390. The molecular formula is C22H23NO. The van der Waals surface area contributed by atoms with Crippen molar-refractivity contribution in [3.63, 3.8) is 0 Å². The summed E-state index contributed by atoms with van der Waals surface area (Å²) < 4.78 is 0. The minimum Gasteiger partial charge on any atom is -0.511 e. The number of aryl methyl sites for hydroxylation is 1. The molecule has 2 nitrogen and oxygen atoms in total. The molecule has 0 aliphatic heterocycles. The van der Waals surface area contributed by atoms with Crippen LogP contribution in [-0.4, -0.2) is 10.1 Å². The van der Waals surface area contributed by atoms with Gasteiger partial charge in [-0.1, -0.05) is 50.1 Å². The maximum atomic E-state index is 10.4. The van der Waals surface area contributed by atoms with E-state index in [4.69, 9.17) is 0 Å². The van der Waals surface area contributed by atoms with Crippen molar-refractivity contribution in [3.05, 3.63) is 76.7 Å². The van der Waals surface area contributed by atoms with E-state index in [0.717, 1.165) is 23.2 Å². The summed E-state index contributed by atoms with van der Waals surface area (Å²) in [5.41, 5.74) is 5.88. The fourth-order valence-electron chi connectivity index (χ4n) is 3.73. The number of unbranched alkanes of at least 4 members (excludes halogenated alkanes) is 2. The van der Waals surface area contributed by atoms with Gasteiger partial charge in [0.2, 0.25) is 0 Å². The van der Waals surface area contributed by atoms with Crippen LogP contribution in [0.5, 0.6) is 0 Å². The van der Waals surface area contributed by atoms with E-state index in [1.807, 2.05) is 18.2 Å². The summed E-state index contributed by atoms with van der Waals surface area (Å²) in [6.07, 6.45) is 6.80. The lowest BCUT2D eigenvalue weighted by Crippen LogP contribution is -2.00. The van der Waals surface area contributed by atoms with Gasteiger partial charge in [0, 0.05) is 11.2 Å². The Morgan fingerprint density at radius 2 is 1.92 bits per heavy atom. The summed E-state index contributed by atoms with van der Waals surface area (Å²) >= 11 is 0. The van der Waals surface area contributed by atoms with E-state index in [9.17, 15) is 5.11 Å². The molecule has 1 unspecified atom stereocenters. The molecule has 1 atom stereocenters. The first-order valence-electron chi connectivity index (χ1n) is 8.87. The number of hydrogen-bond donors (Lipinski definition) is 2. The van der Waals surface area contributed by atoms with E-state index in [0.29, 0.717) is 5.76 Å². The monoisotopic (exact) mass is 317 g/mol. The number of hydrogen-bond acceptors (Lipinski definition) is 1. The fourth-order valence-corrected chi connectivity index (χ4v) is 3.73. The van der Waals surface area contributed by atoms with E-state index >= 15 is 0 Å². The van der Waals surface area contributed by atoms with Crippen molar-refractivity contribution >= 4 is 17.0 Å². The number of aromatic amines is 1. The van der Waals surface area contributed by atoms with Gasteiger partial charge in [-0.2, -0.15) is 0 Å². The van der Waals surface area contributed by atoms with Gasteiger partial charge in [-0.05, 0) is 59.2 Å². The Labute approximate surface area is 142 Å². The number of aliphatic hydroxyl groups is 1. The van der Waals surface area contributed by atoms with Crippen LogP contribution in [0.3, 0.4) is 0 Å². The number of fused-ring (bicyclic) bond motifs is 2. The third kappa shape index (κ3) is 2.62. The highest BCUT2D eigenvalue weighted by molar-refractivity contribution is 5.82. The summed E-state index contributed by atoms with van der Waals surface area (Å²) in [5.74, 6) is 0.350. The van der Waals surface area contributed by atoms with Crippen LogP contribution in [0.1, 0.15) is 54.5 Å². The van der Waals surface area contributed by atoms with Crippen molar-refractivity contribution in [2.45, 2.75) is 38.5 Å². The number of aliphatic hydroxyl groups excluding tert-OH is 1. The zero-order valence-corrected chi connectivity index (χ0v) is 14.0. The van der Waals surface area contributed by atoms with Gasteiger partial charge < -0.3 is 10.1 Å². The Bertz CT molecular complexity index is 903. The normalized spacial score (nSPS) is 16.4. The topological polar surface area (TPSA) is 36.0 Å². The zero-order chi connectivity index (χ0) is 16.5. The Kier molecular flexibility index (Phi) is 3.89. The number of benzene rings is 2. The first kappa shape index (κ1) is 15.1. The molecule has 4 rings (SSSR count). The molecule has 0 saturated heterocycles. The fraction of sp³-hybridized carbons (Fsp3) is 0.273. The molecule has 0 saturated carbocycles. The SMILES string of the molecule is CCCCCc1ccc2[nH]c(C3C(O)=Cc4ccccc43)cc2c1. The highest BCUT2D eigenvalue weighted by atomic mass is 16.3. The lowest BCUT2D eigenvalue weighted by Gasteiger charge is -2.11. The van der Waals surface area contributed by atoms with Crippen LogP contribution in [0, 0.1) is 0 Å². The largest absolute Gasteiger partial charge is 0.511 e. The van der Waals surface area contributed by atoms with Crippen molar-refractivity contribution < 1.29 is 5.11 Å². The van der Waals surface area contributed by atoms with Crippen LogP contribution in [-0.2, 0) is 6.42 Å². The maximum absolute atomic E-state index is 10.4. The van der Waals surface area contributed by atoms with Gasteiger partial charge in [0.25, 0.3) is 0 Å². The number of nitrogens with one attached hydrogen (secondary N) is 1. The summed E-state index contributed by atoms with van der Waals surface area (Å²) in [7, 11) is 0. The third-order valence-corrected chi connectivity index (χ3v) is 4.99. The van der Waals surface area contributed by atoms with Gasteiger partial charge >= 0.3 is 0 Å². The lowest BCUT2D eigenvalue weighted by atomic mass is 9.96. The highest BCUT2D eigenvalue weighted by Crippen LogP contribution is 2.40. The molecule has 0 radical (unpaired) electrons. The number of H-pyrrole nitrogens is 1. The van der Waals surface area contributed by atoms with Gasteiger partial charge in [0.15, 0.2) is 0 Å². The van der Waals surface area contributed by atoms with Crippen LogP contribution in [0.4, 0.5) is 0 Å². The van der Waals surface area contributed by atoms with Crippen LogP contribution in [0.2, 0.25) is 0 Å². The second-order valence-corrected chi connectivity index (χ2v) is 6.73. The molecule has 0 bridgehead atoms. The molecule has 1 aromatic heterocycles. The minimum atomic E-state index is -0.0721. The molecule has 2 N–H and O–H groups in total. The minimum absolute atomic E-state index is 0.0721. The van der Waals surface area contributed by atoms with Crippen LogP contribution < -0.4 is 0 Å².